The van der Waals surface area contributed by atoms with Crippen molar-refractivity contribution < 1.29 is 19.4 Å². The highest BCUT2D eigenvalue weighted by molar-refractivity contribution is 5.96. The lowest BCUT2D eigenvalue weighted by molar-refractivity contribution is 0.0696. The third-order valence-corrected chi connectivity index (χ3v) is 7.08. The molecule has 0 radical (unpaired) electrons. The minimum absolute atomic E-state index is 0.0440. The highest BCUT2D eigenvalue weighted by atomic mass is 16.5. The maximum absolute atomic E-state index is 13.4. The minimum atomic E-state index is -0.971. The van der Waals surface area contributed by atoms with Crippen LogP contribution in [0.4, 0.5) is 5.82 Å². The minimum Gasteiger partial charge on any atom is -0.496 e. The van der Waals surface area contributed by atoms with E-state index in [0.29, 0.717) is 11.6 Å². The van der Waals surface area contributed by atoms with Crippen molar-refractivity contribution in [1.29, 1.82) is 0 Å². The van der Waals surface area contributed by atoms with Gasteiger partial charge in [0.05, 0.1) is 12.7 Å². The Bertz CT molecular complexity index is 1030. The van der Waals surface area contributed by atoms with E-state index in [0.717, 1.165) is 62.2 Å². The second-order valence-electron chi connectivity index (χ2n) is 9.84. The number of aromatic carboxylic acids is 1. The zero-order valence-corrected chi connectivity index (χ0v) is 20.8. The number of carbonyl (C=O) groups excluding carboxylic acids is 1. The molecule has 0 saturated carbocycles. The van der Waals surface area contributed by atoms with Gasteiger partial charge in [0, 0.05) is 41.5 Å². The molecular formula is C27H36N4O4. The number of benzene rings is 1. The first-order valence-corrected chi connectivity index (χ1v) is 12.5. The second-order valence-corrected chi connectivity index (χ2v) is 9.84. The molecule has 0 spiro atoms. The smallest absolute Gasteiger partial charge is 0.337 e. The van der Waals surface area contributed by atoms with Crippen LogP contribution in [0.15, 0.2) is 36.5 Å². The van der Waals surface area contributed by atoms with Crippen molar-refractivity contribution in [2.24, 2.45) is 0 Å². The molecule has 1 amide bonds. The van der Waals surface area contributed by atoms with E-state index >= 15 is 0 Å². The predicted molar refractivity (Wildman–Crippen MR) is 135 cm³/mol. The van der Waals surface area contributed by atoms with Gasteiger partial charge in [-0.25, -0.2) is 9.78 Å². The van der Waals surface area contributed by atoms with Crippen molar-refractivity contribution in [2.45, 2.75) is 76.5 Å². The van der Waals surface area contributed by atoms with Crippen LogP contribution in [0, 0.1) is 0 Å². The van der Waals surface area contributed by atoms with E-state index in [2.05, 4.69) is 34.4 Å². The van der Waals surface area contributed by atoms with Crippen LogP contribution in [0.1, 0.15) is 72.2 Å². The average Bonchev–Trinajstić information content (AvgIpc) is 3.11. The van der Waals surface area contributed by atoms with Gasteiger partial charge in [-0.1, -0.05) is 19.9 Å². The number of anilines is 1. The molecule has 2 aliphatic heterocycles. The molecule has 0 aliphatic carbocycles. The number of ether oxygens (including phenoxy) is 1. The van der Waals surface area contributed by atoms with Gasteiger partial charge >= 0.3 is 5.97 Å². The Morgan fingerprint density at radius 1 is 1.17 bits per heavy atom. The number of carboxylic acid groups (broad SMARTS) is 1. The second kappa shape index (κ2) is 11.1. The van der Waals surface area contributed by atoms with Crippen molar-refractivity contribution in [3.63, 3.8) is 0 Å². The van der Waals surface area contributed by atoms with Gasteiger partial charge in [0.25, 0.3) is 5.91 Å². The summed E-state index contributed by atoms with van der Waals surface area (Å²) >= 11 is 0. The summed E-state index contributed by atoms with van der Waals surface area (Å²) in [4.78, 5) is 31.2. The topological polar surface area (TPSA) is 104 Å². The van der Waals surface area contributed by atoms with Crippen molar-refractivity contribution >= 4 is 17.7 Å². The van der Waals surface area contributed by atoms with E-state index in [1.54, 1.807) is 19.2 Å². The van der Waals surface area contributed by atoms with Crippen LogP contribution in [0.2, 0.25) is 0 Å². The van der Waals surface area contributed by atoms with E-state index in [-0.39, 0.29) is 29.6 Å². The highest BCUT2D eigenvalue weighted by Crippen LogP contribution is 2.38. The maximum Gasteiger partial charge on any atom is 0.337 e. The summed E-state index contributed by atoms with van der Waals surface area (Å²) in [7, 11) is 1.65. The van der Waals surface area contributed by atoms with E-state index in [1.165, 1.54) is 6.20 Å². The van der Waals surface area contributed by atoms with Crippen molar-refractivity contribution in [2.75, 3.05) is 18.6 Å². The molecule has 8 heteroatoms. The molecule has 2 aliphatic rings. The summed E-state index contributed by atoms with van der Waals surface area (Å²) in [5.41, 5.74) is 1.84. The van der Waals surface area contributed by atoms with Crippen molar-refractivity contribution in [1.82, 2.24) is 15.6 Å². The molecule has 2 unspecified atom stereocenters. The number of carbonyl (C=O) groups is 2. The first kappa shape index (κ1) is 25.0. The molecule has 2 aromatic rings. The third-order valence-electron chi connectivity index (χ3n) is 7.08. The largest absolute Gasteiger partial charge is 0.496 e. The molecule has 4 rings (SSSR count). The lowest BCUT2D eigenvalue weighted by Gasteiger charge is -2.40. The van der Waals surface area contributed by atoms with E-state index < -0.39 is 5.97 Å². The number of rotatable bonds is 10. The molecule has 35 heavy (non-hydrogen) atoms. The fraction of sp³-hybridized carbons (Fsp3) is 0.519. The van der Waals surface area contributed by atoms with Crippen LogP contribution in [0.5, 0.6) is 5.75 Å². The highest BCUT2D eigenvalue weighted by Gasteiger charge is 2.42. The fourth-order valence-electron chi connectivity index (χ4n) is 5.48. The van der Waals surface area contributed by atoms with Gasteiger partial charge in [0.1, 0.15) is 11.6 Å². The Morgan fingerprint density at radius 3 is 2.51 bits per heavy atom. The molecule has 8 nitrogen and oxygen atoms in total. The molecule has 2 bridgehead atoms. The van der Waals surface area contributed by atoms with Crippen molar-refractivity contribution in [3.8, 4) is 5.75 Å². The Morgan fingerprint density at radius 2 is 1.91 bits per heavy atom. The number of methoxy groups -OCH3 is 1. The summed E-state index contributed by atoms with van der Waals surface area (Å²) in [6.07, 6.45) is 6.92. The third kappa shape index (κ3) is 5.75. The number of nitrogens with zero attached hydrogens (tertiary/aromatic N) is 2. The Labute approximate surface area is 207 Å². The zero-order valence-electron chi connectivity index (χ0n) is 20.8. The standard InChI is InChI=1S/C27H36N4O4/c1-17(2)28-13-5-7-22-23(6-4-8-24(22)35-3)26(32)30-19-14-20-10-11-21(15-19)31(20)25-12-9-18(16-29-25)27(33)34/h4,6,8-9,12,16-17,19-21,28H,5,7,10-11,13-15H2,1-3H3,(H,30,32)(H,33,34). The number of carboxylic acids is 1. The molecule has 2 saturated heterocycles. The fourth-order valence-corrected chi connectivity index (χ4v) is 5.48. The molecule has 188 valence electrons. The Balaban J connectivity index is 1.42. The number of hydrogen-bond acceptors (Lipinski definition) is 6. The van der Waals surface area contributed by atoms with Crippen LogP contribution < -0.4 is 20.3 Å². The maximum atomic E-state index is 13.4. The number of pyridine rings is 1. The number of hydrogen-bond donors (Lipinski definition) is 3. The quantitative estimate of drug-likeness (QED) is 0.446. The number of amides is 1. The number of piperidine rings is 1. The predicted octanol–water partition coefficient (Wildman–Crippen LogP) is 3.65. The van der Waals surface area contributed by atoms with Gasteiger partial charge in [0.2, 0.25) is 0 Å². The van der Waals surface area contributed by atoms with Gasteiger partial charge < -0.3 is 25.4 Å². The Hall–Kier alpha value is -3.13. The number of nitrogens with one attached hydrogen (secondary N) is 2. The number of aromatic nitrogens is 1. The molecule has 2 atom stereocenters. The monoisotopic (exact) mass is 480 g/mol. The van der Waals surface area contributed by atoms with Gasteiger partial charge in [-0.3, -0.25) is 4.79 Å². The van der Waals surface area contributed by atoms with Gasteiger partial charge in [0.15, 0.2) is 0 Å². The lowest BCUT2D eigenvalue weighted by atomic mass is 9.95. The van der Waals surface area contributed by atoms with Crippen LogP contribution in [-0.2, 0) is 6.42 Å². The van der Waals surface area contributed by atoms with E-state index in [4.69, 9.17) is 9.84 Å². The first-order chi connectivity index (χ1) is 16.9. The first-order valence-electron chi connectivity index (χ1n) is 12.5. The SMILES string of the molecule is COc1cccc(C(=O)NC2CC3CCC(C2)N3c2ccc(C(=O)O)cn2)c1CCCNC(C)C. The van der Waals surface area contributed by atoms with Gasteiger partial charge in [-0.2, -0.15) is 0 Å². The molecule has 3 N–H and O–H groups in total. The van der Waals surface area contributed by atoms with Crippen LogP contribution in [0.25, 0.3) is 0 Å². The molecular weight excluding hydrogens is 444 g/mol. The van der Waals surface area contributed by atoms with Crippen LogP contribution in [0.3, 0.4) is 0 Å². The van der Waals surface area contributed by atoms with Crippen LogP contribution >= 0.6 is 0 Å². The van der Waals surface area contributed by atoms with E-state index in [1.807, 2.05) is 18.2 Å². The average molecular weight is 481 g/mol. The van der Waals surface area contributed by atoms with Crippen molar-refractivity contribution in [3.05, 3.63) is 53.2 Å². The molecule has 1 aromatic carbocycles. The summed E-state index contributed by atoms with van der Waals surface area (Å²) in [6.45, 7) is 5.14. The molecule has 2 fully saturated rings. The molecule has 3 heterocycles. The molecule has 1 aromatic heterocycles. The normalized spacial score (nSPS) is 21.3. The van der Waals surface area contributed by atoms with Gasteiger partial charge in [-0.05, 0) is 69.3 Å². The van der Waals surface area contributed by atoms with Gasteiger partial charge in [-0.15, -0.1) is 0 Å². The van der Waals surface area contributed by atoms with Crippen LogP contribution in [-0.4, -0.2) is 59.8 Å². The summed E-state index contributed by atoms with van der Waals surface area (Å²) in [6, 6.07) is 10.2. The summed E-state index contributed by atoms with van der Waals surface area (Å²) in [5, 5.41) is 15.9. The Kier molecular flexibility index (Phi) is 7.90. The van der Waals surface area contributed by atoms with E-state index in [9.17, 15) is 9.59 Å². The number of fused-ring (bicyclic) bond motifs is 2. The zero-order chi connectivity index (χ0) is 24.9. The summed E-state index contributed by atoms with van der Waals surface area (Å²) in [5.74, 6) is 0.560. The lowest BCUT2D eigenvalue weighted by Crippen LogP contribution is -2.50. The summed E-state index contributed by atoms with van der Waals surface area (Å²) < 4.78 is 5.58.